The second kappa shape index (κ2) is 10.0. The number of amides is 1. The third kappa shape index (κ3) is 5.65. The van der Waals surface area contributed by atoms with Crippen molar-refractivity contribution in [3.05, 3.63) is 59.7 Å². The van der Waals surface area contributed by atoms with Crippen molar-refractivity contribution < 1.29 is 18.1 Å². The third-order valence-electron chi connectivity index (χ3n) is 5.24. The van der Waals surface area contributed by atoms with Gasteiger partial charge in [-0.05, 0) is 31.5 Å². The quantitative estimate of drug-likeness (QED) is 0.655. The number of nitrogens with zero attached hydrogens (tertiary/aromatic N) is 1. The van der Waals surface area contributed by atoms with Crippen molar-refractivity contribution in [2.24, 2.45) is 0 Å². The highest BCUT2D eigenvalue weighted by Gasteiger charge is 2.26. The van der Waals surface area contributed by atoms with Crippen LogP contribution < -0.4 is 10.2 Å². The summed E-state index contributed by atoms with van der Waals surface area (Å²) in [5.74, 6) is -0.145. The maximum atomic E-state index is 12.9. The monoisotopic (exact) mass is 418 g/mol. The first-order chi connectivity index (χ1) is 13.7. The number of rotatable bonds is 9. The minimum atomic E-state index is -3.59. The normalized spacial score (nSPS) is 13.9. The van der Waals surface area contributed by atoms with Crippen LogP contribution in [0.5, 0.6) is 0 Å². The molecule has 0 radical (unpaired) electrons. The van der Waals surface area contributed by atoms with Gasteiger partial charge in [0.1, 0.15) is 6.54 Å². The first kappa shape index (κ1) is 23.1. The molecule has 0 aliphatic heterocycles. The van der Waals surface area contributed by atoms with Gasteiger partial charge >= 0.3 is 0 Å². The zero-order valence-corrected chi connectivity index (χ0v) is 18.7. The molecular formula is C22H32N3O3S+. The van der Waals surface area contributed by atoms with Gasteiger partial charge in [0.2, 0.25) is 10.0 Å². The number of hydrogen-bond acceptors (Lipinski definition) is 3. The molecule has 1 amide bonds. The number of nitrogens with one attached hydrogen (secondary N) is 2. The fraction of sp³-hybridized carbons (Fsp3) is 0.409. The molecule has 1 unspecified atom stereocenters. The first-order valence-corrected chi connectivity index (χ1v) is 11.4. The van der Waals surface area contributed by atoms with Gasteiger partial charge < -0.3 is 10.2 Å². The van der Waals surface area contributed by atoms with Crippen molar-refractivity contribution in [2.45, 2.75) is 45.2 Å². The van der Waals surface area contributed by atoms with E-state index in [1.165, 1.54) is 4.31 Å². The van der Waals surface area contributed by atoms with Crippen molar-refractivity contribution in [2.75, 3.05) is 25.5 Å². The van der Waals surface area contributed by atoms with Crippen LogP contribution in [-0.2, 0) is 21.4 Å². The van der Waals surface area contributed by atoms with E-state index in [2.05, 4.69) is 5.32 Å². The van der Waals surface area contributed by atoms with Crippen LogP contribution in [0.25, 0.3) is 0 Å². The van der Waals surface area contributed by atoms with Crippen LogP contribution >= 0.6 is 0 Å². The molecule has 7 heteroatoms. The molecule has 0 bridgehead atoms. The maximum absolute atomic E-state index is 12.9. The molecule has 0 aromatic heterocycles. The lowest BCUT2D eigenvalue weighted by atomic mass is 10.2. The molecule has 0 aliphatic carbocycles. The van der Waals surface area contributed by atoms with Crippen molar-refractivity contribution >= 4 is 21.6 Å². The summed E-state index contributed by atoms with van der Waals surface area (Å²) in [6, 6.07) is 14.8. The van der Waals surface area contributed by atoms with E-state index in [9.17, 15) is 13.2 Å². The zero-order chi connectivity index (χ0) is 21.6. The molecule has 0 spiro atoms. The Kier molecular flexibility index (Phi) is 7.96. The Morgan fingerprint density at radius 2 is 1.72 bits per heavy atom. The van der Waals surface area contributed by atoms with E-state index in [-0.39, 0.29) is 16.8 Å². The number of benzene rings is 2. The number of anilines is 1. The first-order valence-electron chi connectivity index (χ1n) is 9.98. The molecule has 2 rings (SSSR count). The Balaban J connectivity index is 2.16. The average molecular weight is 419 g/mol. The van der Waals surface area contributed by atoms with Crippen molar-refractivity contribution in [3.63, 3.8) is 0 Å². The van der Waals surface area contributed by atoms with Crippen molar-refractivity contribution in [3.8, 4) is 0 Å². The Morgan fingerprint density at radius 1 is 1.10 bits per heavy atom. The van der Waals surface area contributed by atoms with E-state index in [4.69, 9.17) is 0 Å². The molecule has 0 aliphatic rings. The van der Waals surface area contributed by atoms with Gasteiger partial charge in [-0.2, -0.15) is 4.31 Å². The zero-order valence-electron chi connectivity index (χ0n) is 17.9. The van der Waals surface area contributed by atoms with Gasteiger partial charge in [0.25, 0.3) is 5.91 Å². The lowest BCUT2D eigenvalue weighted by molar-refractivity contribution is -0.907. The van der Waals surface area contributed by atoms with E-state index in [0.29, 0.717) is 24.3 Å². The number of aryl methyl sites for hydroxylation is 1. The summed E-state index contributed by atoms with van der Waals surface area (Å²) in [6.07, 6.45) is 0. The largest absolute Gasteiger partial charge is 0.324 e. The minimum absolute atomic E-state index is 0.145. The van der Waals surface area contributed by atoms with Crippen LogP contribution in [0.1, 0.15) is 31.9 Å². The molecule has 0 heterocycles. The summed E-state index contributed by atoms with van der Waals surface area (Å²) < 4.78 is 27.2. The second-order valence-electron chi connectivity index (χ2n) is 7.29. The number of hydrogen-bond donors (Lipinski definition) is 2. The SMILES string of the molecule is CCN(CC)S(=O)(=O)c1cc(NC(=O)[C@H](C)[NH+](C)Cc2ccccc2)ccc1C. The summed E-state index contributed by atoms with van der Waals surface area (Å²) in [7, 11) is -1.62. The second-order valence-corrected chi connectivity index (χ2v) is 9.20. The van der Waals surface area contributed by atoms with Crippen molar-refractivity contribution in [1.82, 2.24) is 4.31 Å². The summed E-state index contributed by atoms with van der Waals surface area (Å²) in [5, 5.41) is 2.88. The molecule has 2 N–H and O–H groups in total. The van der Waals surface area contributed by atoms with Crippen LogP contribution in [0.2, 0.25) is 0 Å². The highest BCUT2D eigenvalue weighted by atomic mass is 32.2. The fourth-order valence-electron chi connectivity index (χ4n) is 3.20. The maximum Gasteiger partial charge on any atom is 0.282 e. The van der Waals surface area contributed by atoms with Gasteiger partial charge in [-0.25, -0.2) is 8.42 Å². The molecule has 158 valence electrons. The average Bonchev–Trinajstić information content (AvgIpc) is 2.70. The van der Waals surface area contributed by atoms with Crippen LogP contribution in [0.3, 0.4) is 0 Å². The number of carbonyl (C=O) groups is 1. The predicted octanol–water partition coefficient (Wildman–Crippen LogP) is 2.07. The van der Waals surface area contributed by atoms with Gasteiger partial charge in [0.05, 0.1) is 11.9 Å². The molecule has 0 fully saturated rings. The molecule has 0 saturated heterocycles. The highest BCUT2D eigenvalue weighted by molar-refractivity contribution is 7.89. The van der Waals surface area contributed by atoms with E-state index in [0.717, 1.165) is 17.0 Å². The Labute approximate surface area is 174 Å². The van der Waals surface area contributed by atoms with E-state index >= 15 is 0 Å². The molecule has 2 aromatic rings. The summed E-state index contributed by atoms with van der Waals surface area (Å²) in [6.45, 7) is 8.80. The van der Waals surface area contributed by atoms with E-state index in [1.807, 2.05) is 58.2 Å². The summed E-state index contributed by atoms with van der Waals surface area (Å²) in [5.41, 5.74) is 2.31. The molecule has 29 heavy (non-hydrogen) atoms. The summed E-state index contributed by atoms with van der Waals surface area (Å²) >= 11 is 0. The third-order valence-corrected chi connectivity index (χ3v) is 7.43. The smallest absolute Gasteiger partial charge is 0.282 e. The van der Waals surface area contributed by atoms with Gasteiger partial charge in [-0.1, -0.05) is 50.2 Å². The number of likely N-dealkylation sites (N-methyl/N-ethyl adjacent to an activating group) is 1. The van der Waals surface area contributed by atoms with Crippen molar-refractivity contribution in [1.29, 1.82) is 0 Å². The predicted molar refractivity (Wildman–Crippen MR) is 116 cm³/mol. The topological polar surface area (TPSA) is 70.9 Å². The minimum Gasteiger partial charge on any atom is -0.324 e. The lowest BCUT2D eigenvalue weighted by Gasteiger charge is -2.22. The Bertz CT molecular complexity index is 926. The van der Waals surface area contributed by atoms with Gasteiger partial charge in [-0.3, -0.25) is 4.79 Å². The Morgan fingerprint density at radius 3 is 2.31 bits per heavy atom. The molecule has 0 saturated carbocycles. The highest BCUT2D eigenvalue weighted by Crippen LogP contribution is 2.23. The lowest BCUT2D eigenvalue weighted by Crippen LogP contribution is -3.12. The molecular weight excluding hydrogens is 386 g/mol. The number of quaternary nitrogens is 1. The fourth-order valence-corrected chi connectivity index (χ4v) is 4.91. The van der Waals surface area contributed by atoms with Crippen LogP contribution in [-0.4, -0.2) is 44.8 Å². The van der Waals surface area contributed by atoms with Gasteiger partial charge in [-0.15, -0.1) is 0 Å². The van der Waals surface area contributed by atoms with E-state index in [1.54, 1.807) is 25.1 Å². The van der Waals surface area contributed by atoms with Crippen LogP contribution in [0, 0.1) is 6.92 Å². The Hall–Kier alpha value is -2.22. The van der Waals surface area contributed by atoms with Gasteiger partial charge in [0, 0.05) is 24.3 Å². The van der Waals surface area contributed by atoms with Crippen LogP contribution in [0.4, 0.5) is 5.69 Å². The number of sulfonamides is 1. The molecule has 2 atom stereocenters. The summed E-state index contributed by atoms with van der Waals surface area (Å²) in [4.78, 5) is 14.0. The van der Waals surface area contributed by atoms with E-state index < -0.39 is 10.0 Å². The number of carbonyl (C=O) groups excluding carboxylic acids is 1. The molecule has 6 nitrogen and oxygen atoms in total. The standard InChI is InChI=1S/C22H31N3O3S/c1-6-25(7-2)29(27,28)21-15-20(14-13-17(21)3)23-22(26)18(4)24(5)16-19-11-9-8-10-12-19/h8-15,18H,6-7,16H2,1-5H3,(H,23,26)/p+1/t18-/m0/s1. The van der Waals surface area contributed by atoms with Crippen LogP contribution in [0.15, 0.2) is 53.4 Å². The van der Waals surface area contributed by atoms with Gasteiger partial charge in [0.15, 0.2) is 6.04 Å². The molecule has 2 aromatic carbocycles.